The highest BCUT2D eigenvalue weighted by Gasteiger charge is 2.30. The summed E-state index contributed by atoms with van der Waals surface area (Å²) in [5.41, 5.74) is 0. The second kappa shape index (κ2) is 3.78. The maximum atomic E-state index is 9.08. The zero-order valence-electron chi connectivity index (χ0n) is 7.81. The summed E-state index contributed by atoms with van der Waals surface area (Å²) in [4.78, 5) is 3.77. The Balaban J connectivity index is 2.09. The number of hydrogen-bond donors (Lipinski definition) is 1. The van der Waals surface area contributed by atoms with E-state index in [1.807, 2.05) is 11.3 Å². The first-order valence-corrected chi connectivity index (χ1v) is 5.53. The maximum absolute atomic E-state index is 9.08. The van der Waals surface area contributed by atoms with Crippen LogP contribution in [-0.4, -0.2) is 30.2 Å². The van der Waals surface area contributed by atoms with Gasteiger partial charge in [0.05, 0.1) is 0 Å². The van der Waals surface area contributed by atoms with Crippen LogP contribution in [0.2, 0.25) is 0 Å². The lowest BCUT2D eigenvalue weighted by molar-refractivity contribution is 0.227. The van der Waals surface area contributed by atoms with E-state index in [4.69, 9.17) is 5.11 Å². The van der Waals surface area contributed by atoms with Crippen molar-refractivity contribution in [2.75, 3.05) is 20.2 Å². The van der Waals surface area contributed by atoms with Crippen molar-refractivity contribution in [2.24, 2.45) is 5.92 Å². The number of hydrogen-bond acceptors (Lipinski definition) is 3. The van der Waals surface area contributed by atoms with Crippen LogP contribution in [-0.2, 0) is 0 Å². The molecule has 0 amide bonds. The Hall–Kier alpha value is -0.380. The third kappa shape index (κ3) is 1.77. The Kier molecular flexibility index (Phi) is 2.67. The predicted octanol–water partition coefficient (Wildman–Crippen LogP) is 1.73. The molecule has 2 atom stereocenters. The second-order valence-electron chi connectivity index (χ2n) is 3.76. The summed E-state index contributed by atoms with van der Waals surface area (Å²) in [6, 6.07) is 4.82. The first kappa shape index (κ1) is 9.19. The zero-order chi connectivity index (χ0) is 9.26. The summed E-state index contributed by atoms with van der Waals surface area (Å²) in [5, 5.41) is 11.2. The van der Waals surface area contributed by atoms with Crippen LogP contribution < -0.4 is 0 Å². The van der Waals surface area contributed by atoms with Crippen LogP contribution in [0.3, 0.4) is 0 Å². The third-order valence-corrected chi connectivity index (χ3v) is 3.74. The van der Waals surface area contributed by atoms with Gasteiger partial charge >= 0.3 is 0 Å². The predicted molar refractivity (Wildman–Crippen MR) is 54.9 cm³/mol. The molecular weight excluding hydrogens is 182 g/mol. The maximum Gasteiger partial charge on any atom is 0.0472 e. The molecule has 0 radical (unpaired) electrons. The number of thiophene rings is 1. The Morgan fingerprint density at radius 1 is 1.69 bits per heavy atom. The second-order valence-corrected chi connectivity index (χ2v) is 4.73. The van der Waals surface area contributed by atoms with Gasteiger partial charge in [0.25, 0.3) is 0 Å². The minimum Gasteiger partial charge on any atom is -0.396 e. The van der Waals surface area contributed by atoms with Crippen molar-refractivity contribution in [2.45, 2.75) is 12.5 Å². The van der Waals surface area contributed by atoms with Gasteiger partial charge in [-0.2, -0.15) is 0 Å². The van der Waals surface area contributed by atoms with E-state index >= 15 is 0 Å². The molecule has 1 N–H and O–H groups in total. The molecule has 1 aromatic heterocycles. The summed E-state index contributed by atoms with van der Waals surface area (Å²) in [6.45, 7) is 1.35. The van der Waals surface area contributed by atoms with E-state index in [9.17, 15) is 0 Å². The van der Waals surface area contributed by atoms with Crippen LogP contribution in [0.15, 0.2) is 17.5 Å². The molecule has 0 spiro atoms. The average molecular weight is 197 g/mol. The van der Waals surface area contributed by atoms with Crippen molar-refractivity contribution in [1.82, 2.24) is 4.90 Å². The largest absolute Gasteiger partial charge is 0.396 e. The van der Waals surface area contributed by atoms with E-state index < -0.39 is 0 Å². The van der Waals surface area contributed by atoms with E-state index in [2.05, 4.69) is 29.5 Å². The van der Waals surface area contributed by atoms with Gasteiger partial charge in [0.1, 0.15) is 0 Å². The van der Waals surface area contributed by atoms with Gasteiger partial charge in [-0.15, -0.1) is 11.3 Å². The Labute approximate surface area is 82.8 Å². The molecular formula is C10H15NOS. The molecule has 1 aromatic rings. The van der Waals surface area contributed by atoms with Crippen LogP contribution in [0.25, 0.3) is 0 Å². The normalized spacial score (nSPS) is 29.7. The minimum absolute atomic E-state index is 0.326. The van der Waals surface area contributed by atoms with Gasteiger partial charge in [0.15, 0.2) is 0 Å². The molecule has 0 aromatic carbocycles. The molecule has 0 unspecified atom stereocenters. The zero-order valence-corrected chi connectivity index (χ0v) is 8.63. The number of aliphatic hydroxyl groups excluding tert-OH is 1. The van der Waals surface area contributed by atoms with Crippen LogP contribution >= 0.6 is 11.3 Å². The minimum atomic E-state index is 0.326. The fraction of sp³-hybridized carbons (Fsp3) is 0.600. The highest BCUT2D eigenvalue weighted by Crippen LogP contribution is 2.35. The molecule has 0 aliphatic carbocycles. The molecule has 0 bridgehead atoms. The molecule has 3 heteroatoms. The van der Waals surface area contributed by atoms with Crippen LogP contribution in [0.1, 0.15) is 17.3 Å². The smallest absolute Gasteiger partial charge is 0.0472 e. The van der Waals surface area contributed by atoms with Gasteiger partial charge in [-0.05, 0) is 30.8 Å². The summed E-state index contributed by atoms with van der Waals surface area (Å²) < 4.78 is 0. The van der Waals surface area contributed by atoms with E-state index in [-0.39, 0.29) is 0 Å². The fourth-order valence-corrected chi connectivity index (χ4v) is 2.96. The van der Waals surface area contributed by atoms with Crippen molar-refractivity contribution in [1.29, 1.82) is 0 Å². The number of nitrogens with zero attached hydrogens (tertiary/aromatic N) is 1. The lowest BCUT2D eigenvalue weighted by Gasteiger charge is -2.17. The molecule has 1 fully saturated rings. The third-order valence-electron chi connectivity index (χ3n) is 2.76. The summed E-state index contributed by atoms with van der Waals surface area (Å²) >= 11 is 1.81. The van der Waals surface area contributed by atoms with Crippen molar-refractivity contribution >= 4 is 11.3 Å². The topological polar surface area (TPSA) is 23.5 Å². The van der Waals surface area contributed by atoms with Gasteiger partial charge in [-0.1, -0.05) is 6.07 Å². The molecule has 1 saturated heterocycles. The van der Waals surface area contributed by atoms with Crippen LogP contribution in [0, 0.1) is 5.92 Å². The quantitative estimate of drug-likeness (QED) is 0.780. The van der Waals surface area contributed by atoms with Gasteiger partial charge in [-0.25, -0.2) is 0 Å². The van der Waals surface area contributed by atoms with E-state index in [1.54, 1.807) is 0 Å². The summed E-state index contributed by atoms with van der Waals surface area (Å²) in [6.07, 6.45) is 1.10. The van der Waals surface area contributed by atoms with Crippen molar-refractivity contribution < 1.29 is 5.11 Å². The van der Waals surface area contributed by atoms with Gasteiger partial charge < -0.3 is 5.11 Å². The average Bonchev–Trinajstić information content (AvgIpc) is 2.72. The molecule has 2 nitrogen and oxygen atoms in total. The van der Waals surface area contributed by atoms with Crippen molar-refractivity contribution in [3.63, 3.8) is 0 Å². The summed E-state index contributed by atoms with van der Waals surface area (Å²) in [5.74, 6) is 0.470. The number of likely N-dealkylation sites (tertiary alicyclic amines) is 1. The van der Waals surface area contributed by atoms with Gasteiger partial charge in [0.2, 0.25) is 0 Å². The number of aliphatic hydroxyl groups is 1. The highest BCUT2D eigenvalue weighted by atomic mass is 32.1. The number of rotatable bonds is 2. The Bertz CT molecular complexity index is 260. The van der Waals surface area contributed by atoms with Crippen molar-refractivity contribution in [3.8, 4) is 0 Å². The highest BCUT2D eigenvalue weighted by molar-refractivity contribution is 7.10. The lowest BCUT2D eigenvalue weighted by Crippen LogP contribution is -2.18. The first-order chi connectivity index (χ1) is 6.31. The molecule has 1 aliphatic heterocycles. The fourth-order valence-electron chi connectivity index (χ4n) is 2.05. The molecule has 13 heavy (non-hydrogen) atoms. The van der Waals surface area contributed by atoms with Gasteiger partial charge in [-0.3, -0.25) is 4.90 Å². The molecule has 2 rings (SSSR count). The van der Waals surface area contributed by atoms with E-state index in [0.717, 1.165) is 13.0 Å². The molecule has 72 valence electrons. The molecule has 1 aliphatic rings. The molecule has 2 heterocycles. The first-order valence-electron chi connectivity index (χ1n) is 4.65. The Morgan fingerprint density at radius 3 is 3.08 bits per heavy atom. The summed E-state index contributed by atoms with van der Waals surface area (Å²) in [7, 11) is 2.14. The lowest BCUT2D eigenvalue weighted by atomic mass is 10.1. The monoisotopic (exact) mass is 197 g/mol. The van der Waals surface area contributed by atoms with Crippen LogP contribution in [0.5, 0.6) is 0 Å². The van der Waals surface area contributed by atoms with E-state index in [0.29, 0.717) is 18.6 Å². The van der Waals surface area contributed by atoms with E-state index in [1.165, 1.54) is 4.88 Å². The van der Waals surface area contributed by atoms with Crippen LogP contribution in [0.4, 0.5) is 0 Å². The Morgan fingerprint density at radius 2 is 2.54 bits per heavy atom. The SMILES string of the molecule is CN1C[C@H](CO)C[C@H]1c1cccs1. The van der Waals surface area contributed by atoms with Gasteiger partial charge in [0, 0.05) is 24.1 Å². The standard InChI is InChI=1S/C10H15NOS/c1-11-6-8(7-12)5-9(11)10-3-2-4-13-10/h2-4,8-9,12H,5-7H2,1H3/t8-,9+/m1/s1. The van der Waals surface area contributed by atoms with Crippen molar-refractivity contribution in [3.05, 3.63) is 22.4 Å². The molecule has 0 saturated carbocycles.